The number of hydrogen-bond acceptors (Lipinski definition) is 5. The number of nitrogens with zero attached hydrogens (tertiary/aromatic N) is 4. The summed E-state index contributed by atoms with van der Waals surface area (Å²) >= 11 is 0. The fourth-order valence-corrected chi connectivity index (χ4v) is 3.20. The Balaban J connectivity index is 1.50. The van der Waals surface area contributed by atoms with E-state index in [1.54, 1.807) is 18.3 Å². The minimum Gasteiger partial charge on any atom is -0.348 e. The van der Waals surface area contributed by atoms with Gasteiger partial charge in [0.1, 0.15) is 5.56 Å². The number of rotatable bonds is 6. The number of aromatic nitrogens is 4. The maximum atomic E-state index is 13.5. The Morgan fingerprint density at radius 1 is 1.06 bits per heavy atom. The van der Waals surface area contributed by atoms with Crippen LogP contribution in [0.15, 0.2) is 66.5 Å². The second-order valence-corrected chi connectivity index (χ2v) is 7.53. The number of carbonyl (C=O) groups excluding carboxylic acids is 1. The Labute approximate surface area is 187 Å². The first-order chi connectivity index (χ1) is 15.8. The highest BCUT2D eigenvalue weighted by Crippen LogP contribution is 2.15. The molecule has 166 valence electrons. The fraction of sp³-hybridized carbons (Fsp3) is 0.125. The van der Waals surface area contributed by atoms with Crippen LogP contribution in [0.2, 0.25) is 0 Å². The van der Waals surface area contributed by atoms with Gasteiger partial charge in [-0.2, -0.15) is 0 Å². The molecular weight excluding hydrogens is 428 g/mol. The van der Waals surface area contributed by atoms with E-state index in [4.69, 9.17) is 0 Å². The molecule has 0 fully saturated rings. The number of hydrogen-bond donors (Lipinski definition) is 1. The van der Waals surface area contributed by atoms with Crippen molar-refractivity contribution in [3.8, 4) is 0 Å². The van der Waals surface area contributed by atoms with Crippen molar-refractivity contribution >= 4 is 22.5 Å². The van der Waals surface area contributed by atoms with Crippen molar-refractivity contribution in [2.45, 2.75) is 20.0 Å². The maximum absolute atomic E-state index is 13.5. The summed E-state index contributed by atoms with van der Waals surface area (Å²) in [7, 11) is 0. The lowest BCUT2D eigenvalue weighted by Gasteiger charge is -2.09. The van der Waals surface area contributed by atoms with Gasteiger partial charge in [-0.25, -0.2) is 18.7 Å². The highest BCUT2D eigenvalue weighted by atomic mass is 19.2. The fourth-order valence-electron chi connectivity index (χ4n) is 3.20. The molecule has 1 amide bonds. The highest BCUT2D eigenvalue weighted by Gasteiger charge is 2.14. The zero-order chi connectivity index (χ0) is 23.5. The van der Waals surface area contributed by atoms with Crippen molar-refractivity contribution in [3.63, 3.8) is 0 Å². The number of benzene rings is 2. The minimum absolute atomic E-state index is 0.0570. The number of allylic oxidation sites excluding steroid dienone is 1. The first-order valence-electron chi connectivity index (χ1n) is 10.00. The van der Waals surface area contributed by atoms with Gasteiger partial charge in [0.15, 0.2) is 11.6 Å². The third kappa shape index (κ3) is 4.82. The Bertz CT molecular complexity index is 1450. The summed E-state index contributed by atoms with van der Waals surface area (Å²) in [5.41, 5.74) is 3.23. The largest absolute Gasteiger partial charge is 0.348 e. The van der Waals surface area contributed by atoms with Crippen LogP contribution >= 0.6 is 0 Å². The van der Waals surface area contributed by atoms with Crippen LogP contribution in [0.3, 0.4) is 0 Å². The van der Waals surface area contributed by atoms with E-state index >= 15 is 0 Å². The third-order valence-corrected chi connectivity index (χ3v) is 4.98. The number of carbonyl (C=O) groups is 1. The summed E-state index contributed by atoms with van der Waals surface area (Å²) < 4.78 is 27.7. The molecule has 0 spiro atoms. The molecule has 0 saturated heterocycles. The van der Waals surface area contributed by atoms with Crippen LogP contribution in [0.5, 0.6) is 0 Å². The van der Waals surface area contributed by atoms with Crippen LogP contribution in [-0.2, 0) is 13.1 Å². The highest BCUT2D eigenvalue weighted by molar-refractivity contribution is 5.93. The van der Waals surface area contributed by atoms with Gasteiger partial charge in [0.05, 0.1) is 35.8 Å². The normalized spacial score (nSPS) is 10.9. The predicted octanol–water partition coefficient (Wildman–Crippen LogP) is 3.48. The molecule has 0 saturated carbocycles. The zero-order valence-electron chi connectivity index (χ0n) is 17.7. The van der Waals surface area contributed by atoms with Crippen LogP contribution in [-0.4, -0.2) is 25.4 Å². The number of halogens is 2. The molecule has 2 aromatic heterocycles. The Morgan fingerprint density at radius 3 is 2.61 bits per heavy atom. The molecule has 0 atom stereocenters. The first-order valence-corrected chi connectivity index (χ1v) is 10.00. The van der Waals surface area contributed by atoms with Gasteiger partial charge in [0.2, 0.25) is 0 Å². The summed E-state index contributed by atoms with van der Waals surface area (Å²) in [6.45, 7) is 5.81. The van der Waals surface area contributed by atoms with Crippen LogP contribution < -0.4 is 10.9 Å². The molecule has 4 aromatic rings. The lowest BCUT2D eigenvalue weighted by molar-refractivity contribution is 0.0948. The van der Waals surface area contributed by atoms with E-state index in [-0.39, 0.29) is 18.7 Å². The minimum atomic E-state index is -1.02. The Hall–Kier alpha value is -4.27. The van der Waals surface area contributed by atoms with Crippen molar-refractivity contribution in [2.24, 2.45) is 0 Å². The van der Waals surface area contributed by atoms with E-state index in [9.17, 15) is 18.4 Å². The molecule has 9 heteroatoms. The average Bonchev–Trinajstić information content (AvgIpc) is 2.80. The Morgan fingerprint density at radius 2 is 1.85 bits per heavy atom. The van der Waals surface area contributed by atoms with Gasteiger partial charge in [-0.1, -0.05) is 18.7 Å². The molecule has 1 N–H and O–H groups in total. The van der Waals surface area contributed by atoms with Crippen LogP contribution in [0, 0.1) is 11.6 Å². The number of fused-ring (bicyclic) bond motifs is 1. The second-order valence-electron chi connectivity index (χ2n) is 7.53. The van der Waals surface area contributed by atoms with E-state index in [0.717, 1.165) is 27.8 Å². The van der Waals surface area contributed by atoms with E-state index < -0.39 is 23.1 Å². The van der Waals surface area contributed by atoms with Crippen LogP contribution in [0.4, 0.5) is 8.78 Å². The lowest BCUT2D eigenvalue weighted by atomic mass is 10.1. The van der Waals surface area contributed by atoms with Crippen molar-refractivity contribution in [3.05, 3.63) is 106 Å². The quantitative estimate of drug-likeness (QED) is 0.489. The molecule has 4 rings (SSSR count). The molecule has 2 aromatic carbocycles. The van der Waals surface area contributed by atoms with Gasteiger partial charge in [-0.3, -0.25) is 19.1 Å². The molecule has 2 heterocycles. The van der Waals surface area contributed by atoms with Crippen LogP contribution in [0.25, 0.3) is 16.6 Å². The smallest absolute Gasteiger partial charge is 0.266 e. The van der Waals surface area contributed by atoms with Crippen molar-refractivity contribution in [1.29, 1.82) is 0 Å². The van der Waals surface area contributed by atoms with E-state index in [0.29, 0.717) is 22.3 Å². The van der Waals surface area contributed by atoms with Crippen molar-refractivity contribution in [2.75, 3.05) is 0 Å². The zero-order valence-corrected chi connectivity index (χ0v) is 17.7. The number of amides is 1. The molecule has 0 bridgehead atoms. The second kappa shape index (κ2) is 9.07. The summed E-state index contributed by atoms with van der Waals surface area (Å²) in [6.07, 6.45) is 4.06. The van der Waals surface area contributed by atoms with E-state index in [1.165, 1.54) is 18.6 Å². The molecule has 33 heavy (non-hydrogen) atoms. The average molecular weight is 447 g/mol. The molecular formula is C24H19F2N5O2. The standard InChI is InChI=1S/C24H19F2N5O2/c1-14(2)22-11-28-20-6-4-15(8-21(20)30-22)9-29-23(32)17-10-27-13-31(24(17)33)12-16-3-5-18(25)19(26)7-16/h3-8,10-11,13H,1,9,12H2,2H3,(H,29,32). The maximum Gasteiger partial charge on any atom is 0.266 e. The van der Waals surface area contributed by atoms with Crippen LogP contribution in [0.1, 0.15) is 34.1 Å². The summed E-state index contributed by atoms with van der Waals surface area (Å²) in [5.74, 6) is -2.60. The molecule has 7 nitrogen and oxygen atoms in total. The lowest BCUT2D eigenvalue weighted by Crippen LogP contribution is -2.33. The Kier molecular flexibility index (Phi) is 6.03. The van der Waals surface area contributed by atoms with Gasteiger partial charge < -0.3 is 5.32 Å². The summed E-state index contributed by atoms with van der Waals surface area (Å²) in [5, 5.41) is 2.70. The van der Waals surface area contributed by atoms with Crippen molar-refractivity contribution in [1.82, 2.24) is 24.8 Å². The van der Waals surface area contributed by atoms with E-state index in [1.807, 2.05) is 13.0 Å². The third-order valence-electron chi connectivity index (χ3n) is 4.98. The molecule has 0 radical (unpaired) electrons. The monoisotopic (exact) mass is 447 g/mol. The topological polar surface area (TPSA) is 89.8 Å². The van der Waals surface area contributed by atoms with Crippen molar-refractivity contribution < 1.29 is 13.6 Å². The molecule has 0 unspecified atom stereocenters. The molecule has 0 aliphatic rings. The summed E-state index contributed by atoms with van der Waals surface area (Å²) in [6, 6.07) is 8.75. The van der Waals surface area contributed by atoms with Gasteiger partial charge in [0, 0.05) is 12.7 Å². The van der Waals surface area contributed by atoms with Gasteiger partial charge >= 0.3 is 0 Å². The van der Waals surface area contributed by atoms with E-state index in [2.05, 4.69) is 26.8 Å². The SMILES string of the molecule is C=C(C)c1cnc2ccc(CNC(=O)c3cncn(Cc4ccc(F)c(F)c4)c3=O)cc2n1. The number of nitrogens with one attached hydrogen (secondary N) is 1. The van der Waals surface area contributed by atoms with Gasteiger partial charge in [-0.05, 0) is 47.9 Å². The van der Waals surface area contributed by atoms with Gasteiger partial charge in [0.25, 0.3) is 11.5 Å². The molecule has 0 aliphatic carbocycles. The first kappa shape index (κ1) is 21.9. The predicted molar refractivity (Wildman–Crippen MR) is 119 cm³/mol. The summed E-state index contributed by atoms with van der Waals surface area (Å²) in [4.78, 5) is 38.1. The van der Waals surface area contributed by atoms with Gasteiger partial charge in [-0.15, -0.1) is 0 Å². The molecule has 0 aliphatic heterocycles.